The fraction of sp³-hybridized carbons (Fsp3) is 0.357. The summed E-state index contributed by atoms with van der Waals surface area (Å²) < 4.78 is 6.56. The first-order chi connectivity index (χ1) is 12.5. The lowest BCUT2D eigenvalue weighted by molar-refractivity contribution is 0.102. The number of ether oxygens (including phenoxy) is 1. The molecule has 0 fully saturated rings. The molecule has 0 amide bonds. The molecule has 26 heavy (non-hydrogen) atoms. The molecule has 0 unspecified atom stereocenters. The third kappa shape index (κ3) is 4.80. The molecule has 2 heterocycles. The van der Waals surface area contributed by atoms with Gasteiger partial charge in [-0.2, -0.15) is 0 Å². The van der Waals surface area contributed by atoms with E-state index in [0.717, 1.165) is 16.3 Å². The van der Waals surface area contributed by atoms with Crippen LogP contribution < -0.4 is 22.3 Å². The maximum atomic E-state index is 12.4. The largest absolute Gasteiger partial charge is 0.384 e. The van der Waals surface area contributed by atoms with Crippen LogP contribution in [-0.2, 0) is 11.3 Å². The van der Waals surface area contributed by atoms with Crippen molar-refractivity contribution in [1.29, 1.82) is 0 Å². The highest BCUT2D eigenvalue weighted by molar-refractivity contribution is 8.01. The summed E-state index contributed by atoms with van der Waals surface area (Å²) in [6, 6.07) is 0. The number of H-pyrrole nitrogens is 1. The standard InChI is InChI=1S/C14H18N6O4S2/c1-3-4-16-12-18-19-14(26-12)25-7-8(21)9-10(15)20(5-6-24-2)13(23)17-11(9)22/h3H,1,4-7,15H2,2H3,(H,16,18)(H,17,22,23). The summed E-state index contributed by atoms with van der Waals surface area (Å²) in [5.74, 6) is -0.742. The SMILES string of the molecule is C=CCNc1nnc(SCC(=O)c2c(N)n(CCOC)c(=O)[nH]c2=O)s1. The van der Waals surface area contributed by atoms with Crippen LogP contribution in [0.25, 0.3) is 0 Å². The molecule has 0 saturated heterocycles. The number of aromatic nitrogens is 4. The summed E-state index contributed by atoms with van der Waals surface area (Å²) in [6.45, 7) is 4.48. The summed E-state index contributed by atoms with van der Waals surface area (Å²) >= 11 is 2.41. The molecular formula is C14H18N6O4S2. The van der Waals surface area contributed by atoms with Gasteiger partial charge in [-0.25, -0.2) is 4.79 Å². The van der Waals surface area contributed by atoms with Crippen molar-refractivity contribution in [3.8, 4) is 0 Å². The zero-order valence-corrected chi connectivity index (χ0v) is 15.6. The minimum Gasteiger partial charge on any atom is -0.384 e. The number of aromatic amines is 1. The summed E-state index contributed by atoms with van der Waals surface area (Å²) in [7, 11) is 1.47. The van der Waals surface area contributed by atoms with Gasteiger partial charge in [0.05, 0.1) is 18.9 Å². The van der Waals surface area contributed by atoms with Gasteiger partial charge in [-0.05, 0) is 0 Å². The second-order valence-corrected chi connectivity index (χ2v) is 7.12. The molecule has 0 aliphatic carbocycles. The van der Waals surface area contributed by atoms with Crippen LogP contribution >= 0.6 is 23.1 Å². The third-order valence-corrected chi connectivity index (χ3v) is 5.18. The van der Waals surface area contributed by atoms with Crippen molar-refractivity contribution in [1.82, 2.24) is 19.7 Å². The molecule has 0 spiro atoms. The number of anilines is 2. The lowest BCUT2D eigenvalue weighted by Crippen LogP contribution is -2.37. The van der Waals surface area contributed by atoms with Gasteiger partial charge in [0.2, 0.25) is 5.13 Å². The smallest absolute Gasteiger partial charge is 0.330 e. The molecule has 2 rings (SSSR count). The van der Waals surface area contributed by atoms with Gasteiger partial charge in [0.1, 0.15) is 11.4 Å². The zero-order chi connectivity index (χ0) is 19.1. The van der Waals surface area contributed by atoms with Crippen LogP contribution in [0.15, 0.2) is 26.6 Å². The summed E-state index contributed by atoms with van der Waals surface area (Å²) in [5.41, 5.74) is 4.13. The normalized spacial score (nSPS) is 10.7. The highest BCUT2D eigenvalue weighted by atomic mass is 32.2. The number of Topliss-reactive ketones (excluding diaryl/α,β-unsaturated/α-hetero) is 1. The monoisotopic (exact) mass is 398 g/mol. The predicted molar refractivity (Wildman–Crippen MR) is 101 cm³/mol. The van der Waals surface area contributed by atoms with Gasteiger partial charge >= 0.3 is 5.69 Å². The molecule has 0 aliphatic rings. The number of ketones is 1. The molecule has 0 saturated carbocycles. The molecule has 10 nitrogen and oxygen atoms in total. The van der Waals surface area contributed by atoms with E-state index in [0.29, 0.717) is 16.0 Å². The van der Waals surface area contributed by atoms with Gasteiger partial charge in [-0.15, -0.1) is 16.8 Å². The van der Waals surface area contributed by atoms with Crippen molar-refractivity contribution in [2.24, 2.45) is 0 Å². The highest BCUT2D eigenvalue weighted by Gasteiger charge is 2.20. The van der Waals surface area contributed by atoms with E-state index in [-0.39, 0.29) is 30.3 Å². The number of rotatable bonds is 10. The number of carbonyl (C=O) groups excluding carboxylic acids is 1. The Balaban J connectivity index is 2.14. The fourth-order valence-corrected chi connectivity index (χ4v) is 3.59. The minimum atomic E-state index is -0.808. The first-order valence-corrected chi connectivity index (χ1v) is 9.24. The Kier molecular flexibility index (Phi) is 7.12. The summed E-state index contributed by atoms with van der Waals surface area (Å²) in [4.78, 5) is 38.4. The maximum absolute atomic E-state index is 12.4. The number of nitrogens with one attached hydrogen (secondary N) is 2. The highest BCUT2D eigenvalue weighted by Crippen LogP contribution is 2.26. The van der Waals surface area contributed by atoms with Crippen LogP contribution in [-0.4, -0.2) is 51.5 Å². The van der Waals surface area contributed by atoms with Crippen LogP contribution in [0.3, 0.4) is 0 Å². The van der Waals surface area contributed by atoms with E-state index in [9.17, 15) is 14.4 Å². The van der Waals surface area contributed by atoms with Crippen molar-refractivity contribution in [3.05, 3.63) is 39.1 Å². The Hall–Kier alpha value is -2.44. The number of methoxy groups -OCH3 is 1. The van der Waals surface area contributed by atoms with Crippen molar-refractivity contribution in [2.45, 2.75) is 10.9 Å². The van der Waals surface area contributed by atoms with Gasteiger partial charge in [0.15, 0.2) is 10.1 Å². The first kappa shape index (κ1) is 19.9. The number of hydrogen-bond donors (Lipinski definition) is 3. The first-order valence-electron chi connectivity index (χ1n) is 7.43. The Morgan fingerprint density at radius 3 is 2.96 bits per heavy atom. The van der Waals surface area contributed by atoms with Gasteiger partial charge in [0, 0.05) is 13.7 Å². The number of thioether (sulfide) groups is 1. The fourth-order valence-electron chi connectivity index (χ4n) is 1.96. The topological polar surface area (TPSA) is 145 Å². The Labute approximate surface area is 156 Å². The molecule has 2 aromatic rings. The molecule has 0 aromatic carbocycles. The van der Waals surface area contributed by atoms with Crippen molar-refractivity contribution >= 4 is 39.8 Å². The van der Waals surface area contributed by atoms with Crippen LogP contribution in [0.1, 0.15) is 10.4 Å². The minimum absolute atomic E-state index is 0.0636. The number of nitrogen functional groups attached to an aromatic ring is 1. The lowest BCUT2D eigenvalue weighted by Gasteiger charge is -2.11. The number of hydrogen-bond acceptors (Lipinski definition) is 10. The molecule has 0 aliphatic heterocycles. The molecule has 0 atom stereocenters. The van der Waals surface area contributed by atoms with E-state index in [4.69, 9.17) is 10.5 Å². The Morgan fingerprint density at radius 2 is 2.27 bits per heavy atom. The maximum Gasteiger partial charge on any atom is 0.330 e. The number of nitrogens with zero attached hydrogens (tertiary/aromatic N) is 3. The van der Waals surface area contributed by atoms with Gasteiger partial charge < -0.3 is 15.8 Å². The second-order valence-electron chi connectivity index (χ2n) is 4.92. The van der Waals surface area contributed by atoms with Crippen LogP contribution in [0.4, 0.5) is 10.9 Å². The van der Waals surface area contributed by atoms with Gasteiger partial charge in [0.25, 0.3) is 5.56 Å². The van der Waals surface area contributed by atoms with Crippen molar-refractivity contribution in [3.63, 3.8) is 0 Å². The predicted octanol–water partition coefficient (Wildman–Crippen LogP) is 0.190. The molecule has 4 N–H and O–H groups in total. The number of nitrogens with two attached hydrogens (primary N) is 1. The second kappa shape index (κ2) is 9.31. The quantitative estimate of drug-likeness (QED) is 0.290. The third-order valence-electron chi connectivity index (χ3n) is 3.17. The van der Waals surface area contributed by atoms with Crippen LogP contribution in [0.5, 0.6) is 0 Å². The molecule has 0 bridgehead atoms. The lowest BCUT2D eigenvalue weighted by atomic mass is 10.2. The van der Waals surface area contributed by atoms with Crippen molar-refractivity contribution < 1.29 is 9.53 Å². The molecule has 2 aromatic heterocycles. The van der Waals surface area contributed by atoms with Crippen molar-refractivity contribution in [2.75, 3.05) is 37.1 Å². The van der Waals surface area contributed by atoms with E-state index in [2.05, 4.69) is 27.1 Å². The van der Waals surface area contributed by atoms with Gasteiger partial charge in [-0.1, -0.05) is 29.2 Å². The van der Waals surface area contributed by atoms with E-state index in [1.807, 2.05) is 0 Å². The van der Waals surface area contributed by atoms with E-state index in [1.54, 1.807) is 6.08 Å². The van der Waals surface area contributed by atoms with Crippen LogP contribution in [0, 0.1) is 0 Å². The average molecular weight is 398 g/mol. The molecule has 140 valence electrons. The summed E-state index contributed by atoms with van der Waals surface area (Å²) in [6.07, 6.45) is 1.69. The van der Waals surface area contributed by atoms with Crippen LogP contribution in [0.2, 0.25) is 0 Å². The van der Waals surface area contributed by atoms with E-state index in [1.165, 1.54) is 18.4 Å². The Morgan fingerprint density at radius 1 is 1.50 bits per heavy atom. The zero-order valence-electron chi connectivity index (χ0n) is 14.0. The molecule has 0 radical (unpaired) electrons. The summed E-state index contributed by atoms with van der Waals surface area (Å²) in [5, 5.41) is 11.5. The average Bonchev–Trinajstić information content (AvgIpc) is 3.05. The molecular weight excluding hydrogens is 380 g/mol. The van der Waals surface area contributed by atoms with E-state index < -0.39 is 17.0 Å². The molecule has 12 heteroatoms. The Bertz CT molecular complexity index is 904. The van der Waals surface area contributed by atoms with Gasteiger partial charge in [-0.3, -0.25) is 19.1 Å². The number of carbonyl (C=O) groups is 1. The van der Waals surface area contributed by atoms with E-state index >= 15 is 0 Å².